The van der Waals surface area contributed by atoms with Crippen molar-refractivity contribution in [2.45, 2.75) is 13.5 Å². The third kappa shape index (κ3) is 6.31. The SMILES string of the molecule is Cc1cc([N+](=O)[O-])nn1Cc1noc(C(=O)NCCNC(=O)COc2ccc([N+](=O)[O-])cc2)n1. The van der Waals surface area contributed by atoms with Gasteiger partial charge < -0.3 is 30.0 Å². The molecule has 178 valence electrons. The Labute approximate surface area is 190 Å². The zero-order valence-electron chi connectivity index (χ0n) is 17.7. The number of carbonyl (C=O) groups is 2. The van der Waals surface area contributed by atoms with Crippen molar-refractivity contribution in [2.75, 3.05) is 19.7 Å². The highest BCUT2D eigenvalue weighted by molar-refractivity contribution is 5.89. The van der Waals surface area contributed by atoms with Crippen molar-refractivity contribution in [1.82, 2.24) is 30.6 Å². The summed E-state index contributed by atoms with van der Waals surface area (Å²) >= 11 is 0. The van der Waals surface area contributed by atoms with E-state index in [2.05, 4.69) is 25.9 Å². The van der Waals surface area contributed by atoms with Crippen LogP contribution in [0.5, 0.6) is 5.75 Å². The number of amides is 2. The average Bonchev–Trinajstić information content (AvgIpc) is 3.42. The van der Waals surface area contributed by atoms with Crippen LogP contribution in [0.4, 0.5) is 11.5 Å². The topological polar surface area (TPSA) is 210 Å². The summed E-state index contributed by atoms with van der Waals surface area (Å²) < 4.78 is 11.4. The van der Waals surface area contributed by atoms with E-state index in [0.717, 1.165) is 0 Å². The minimum absolute atomic E-state index is 0.0265. The molecule has 3 rings (SSSR count). The molecule has 0 fully saturated rings. The van der Waals surface area contributed by atoms with Crippen LogP contribution < -0.4 is 15.4 Å². The van der Waals surface area contributed by atoms with Crippen molar-refractivity contribution < 1.29 is 28.7 Å². The van der Waals surface area contributed by atoms with Crippen molar-refractivity contribution in [1.29, 1.82) is 0 Å². The van der Waals surface area contributed by atoms with Gasteiger partial charge >= 0.3 is 17.6 Å². The first kappa shape index (κ1) is 23.8. The lowest BCUT2D eigenvalue weighted by Gasteiger charge is -2.07. The quantitative estimate of drug-likeness (QED) is 0.220. The summed E-state index contributed by atoms with van der Waals surface area (Å²) in [5, 5.41) is 33.9. The number of hydrogen-bond donors (Lipinski definition) is 2. The maximum absolute atomic E-state index is 12.1. The van der Waals surface area contributed by atoms with Crippen molar-refractivity contribution in [3.05, 3.63) is 68.0 Å². The Kier molecular flexibility index (Phi) is 7.42. The number of aromatic nitrogens is 4. The Morgan fingerprint density at radius 1 is 1.12 bits per heavy atom. The molecule has 16 nitrogen and oxygen atoms in total. The number of nitrogens with zero attached hydrogens (tertiary/aromatic N) is 6. The minimum Gasteiger partial charge on any atom is -0.484 e. The fraction of sp³-hybridized carbons (Fsp3) is 0.278. The van der Waals surface area contributed by atoms with Crippen LogP contribution in [0.25, 0.3) is 0 Å². The fourth-order valence-corrected chi connectivity index (χ4v) is 2.60. The van der Waals surface area contributed by atoms with Gasteiger partial charge in [0.25, 0.3) is 11.6 Å². The van der Waals surface area contributed by atoms with Gasteiger partial charge in [-0.15, -0.1) is 0 Å². The number of benzene rings is 1. The van der Waals surface area contributed by atoms with Gasteiger partial charge in [-0.05, 0) is 24.0 Å². The number of non-ortho nitro benzene ring substituents is 1. The molecule has 0 radical (unpaired) electrons. The van der Waals surface area contributed by atoms with E-state index < -0.39 is 21.7 Å². The fourth-order valence-electron chi connectivity index (χ4n) is 2.60. The van der Waals surface area contributed by atoms with E-state index in [1.54, 1.807) is 6.92 Å². The highest BCUT2D eigenvalue weighted by Gasteiger charge is 2.19. The second kappa shape index (κ2) is 10.6. The number of ether oxygens (including phenoxy) is 1. The van der Waals surface area contributed by atoms with Gasteiger partial charge in [-0.1, -0.05) is 5.16 Å². The normalized spacial score (nSPS) is 10.5. The zero-order valence-corrected chi connectivity index (χ0v) is 17.7. The third-order valence-electron chi connectivity index (χ3n) is 4.26. The van der Waals surface area contributed by atoms with Gasteiger partial charge in [-0.3, -0.25) is 19.7 Å². The van der Waals surface area contributed by atoms with Crippen LogP contribution in [0.3, 0.4) is 0 Å². The van der Waals surface area contributed by atoms with E-state index >= 15 is 0 Å². The molecule has 0 aliphatic heterocycles. The van der Waals surface area contributed by atoms with E-state index in [4.69, 9.17) is 9.26 Å². The van der Waals surface area contributed by atoms with Crippen molar-refractivity contribution in [3.63, 3.8) is 0 Å². The molecule has 0 aliphatic rings. The first-order valence-corrected chi connectivity index (χ1v) is 9.66. The second-order valence-corrected chi connectivity index (χ2v) is 6.72. The number of nitro groups is 2. The van der Waals surface area contributed by atoms with Crippen LogP contribution in [0, 0.1) is 27.2 Å². The second-order valence-electron chi connectivity index (χ2n) is 6.72. The molecule has 0 bridgehead atoms. The van der Waals surface area contributed by atoms with Gasteiger partial charge in [-0.2, -0.15) is 9.67 Å². The molecule has 1 aromatic carbocycles. The lowest BCUT2D eigenvalue weighted by atomic mass is 10.3. The van der Waals surface area contributed by atoms with Crippen LogP contribution in [-0.4, -0.2) is 61.3 Å². The first-order valence-electron chi connectivity index (χ1n) is 9.66. The van der Waals surface area contributed by atoms with Gasteiger partial charge in [0, 0.05) is 25.2 Å². The molecule has 2 N–H and O–H groups in total. The van der Waals surface area contributed by atoms with Crippen LogP contribution in [0.1, 0.15) is 22.2 Å². The third-order valence-corrected chi connectivity index (χ3v) is 4.26. The summed E-state index contributed by atoms with van der Waals surface area (Å²) in [6, 6.07) is 6.55. The average molecular weight is 474 g/mol. The maximum atomic E-state index is 12.1. The molecule has 0 aliphatic carbocycles. The molecule has 34 heavy (non-hydrogen) atoms. The summed E-state index contributed by atoms with van der Waals surface area (Å²) in [4.78, 5) is 48.0. The molecule has 0 saturated carbocycles. The molecule has 0 saturated heterocycles. The standard InChI is InChI=1S/C18H18N8O8/c1-11-8-15(26(31)32)22-24(11)9-14-21-18(34-23-14)17(28)20-7-6-19-16(27)10-33-13-4-2-12(3-5-13)25(29)30/h2-5,8H,6-7,9-10H2,1H3,(H,19,27)(H,20,28). The number of hydrogen-bond acceptors (Lipinski definition) is 11. The number of carbonyl (C=O) groups excluding carboxylic acids is 2. The van der Waals surface area contributed by atoms with E-state index in [1.165, 1.54) is 35.0 Å². The summed E-state index contributed by atoms with van der Waals surface area (Å²) in [6.45, 7) is 1.43. The Morgan fingerprint density at radius 2 is 1.82 bits per heavy atom. The Hall–Kier alpha value is -4.89. The summed E-state index contributed by atoms with van der Waals surface area (Å²) in [6.07, 6.45) is 0. The van der Waals surface area contributed by atoms with Gasteiger partial charge in [0.05, 0.1) is 21.8 Å². The number of aryl methyl sites for hydroxylation is 1. The van der Waals surface area contributed by atoms with Crippen molar-refractivity contribution >= 4 is 23.3 Å². The van der Waals surface area contributed by atoms with Crippen LogP contribution in [0.15, 0.2) is 34.9 Å². The zero-order chi connectivity index (χ0) is 24.7. The Balaban J connectivity index is 1.38. The highest BCUT2D eigenvalue weighted by atomic mass is 16.6. The number of nitro benzene ring substituents is 1. The molecular formula is C18H18N8O8. The van der Waals surface area contributed by atoms with Gasteiger partial charge in [-0.25, -0.2) is 0 Å². The molecule has 0 spiro atoms. The molecule has 16 heteroatoms. The summed E-state index contributed by atoms with van der Waals surface area (Å²) in [5.41, 5.74) is 0.414. The molecule has 2 aromatic heterocycles. The Morgan fingerprint density at radius 3 is 2.47 bits per heavy atom. The van der Waals surface area contributed by atoms with Crippen LogP contribution in [0.2, 0.25) is 0 Å². The number of nitrogens with one attached hydrogen (secondary N) is 2. The van der Waals surface area contributed by atoms with Crippen LogP contribution >= 0.6 is 0 Å². The molecule has 0 unspecified atom stereocenters. The lowest BCUT2D eigenvalue weighted by Crippen LogP contribution is -2.36. The maximum Gasteiger partial charge on any atom is 0.390 e. The van der Waals surface area contributed by atoms with Gasteiger partial charge in [0.1, 0.15) is 12.3 Å². The lowest BCUT2D eigenvalue weighted by molar-refractivity contribution is -0.389. The van der Waals surface area contributed by atoms with E-state index in [1.807, 2.05) is 0 Å². The monoisotopic (exact) mass is 474 g/mol. The molecule has 0 atom stereocenters. The molecular weight excluding hydrogens is 456 g/mol. The van der Waals surface area contributed by atoms with E-state index in [9.17, 15) is 29.8 Å². The predicted molar refractivity (Wildman–Crippen MR) is 111 cm³/mol. The first-order chi connectivity index (χ1) is 16.2. The van der Waals surface area contributed by atoms with Gasteiger partial charge in [0.15, 0.2) is 12.4 Å². The molecule has 3 aromatic rings. The number of rotatable bonds is 11. The predicted octanol–water partition coefficient (Wildman–Crippen LogP) is 0.364. The highest BCUT2D eigenvalue weighted by Crippen LogP contribution is 2.17. The molecule has 2 heterocycles. The van der Waals surface area contributed by atoms with Crippen molar-refractivity contribution in [2.24, 2.45) is 0 Å². The smallest absolute Gasteiger partial charge is 0.390 e. The van der Waals surface area contributed by atoms with Gasteiger partial charge in [0.2, 0.25) is 0 Å². The summed E-state index contributed by atoms with van der Waals surface area (Å²) in [7, 11) is 0. The van der Waals surface area contributed by atoms with E-state index in [-0.39, 0.29) is 49.5 Å². The molecule has 2 amide bonds. The van der Waals surface area contributed by atoms with Crippen molar-refractivity contribution in [3.8, 4) is 5.75 Å². The summed E-state index contributed by atoms with van der Waals surface area (Å²) in [5.74, 6) is -1.37. The Bertz CT molecular complexity index is 1200. The van der Waals surface area contributed by atoms with Crippen LogP contribution in [-0.2, 0) is 11.3 Å². The van der Waals surface area contributed by atoms with E-state index in [0.29, 0.717) is 11.4 Å². The largest absolute Gasteiger partial charge is 0.484 e. The minimum atomic E-state index is -0.668.